The molecule has 0 fully saturated rings. The molecule has 134 valence electrons. The molecule has 1 heterocycles. The SMILES string of the molecule is COc1cc(-c2ccc(F)cc2F)c(C)cc1Nc1ncc(Cl)c(N)n1. The predicted octanol–water partition coefficient (Wildman–Crippen LogP) is 4.72. The van der Waals surface area contributed by atoms with E-state index < -0.39 is 11.6 Å². The number of hydrogen-bond donors (Lipinski definition) is 2. The third-order valence-corrected chi connectivity index (χ3v) is 4.08. The molecule has 0 saturated carbocycles. The minimum Gasteiger partial charge on any atom is -0.495 e. The molecule has 0 radical (unpaired) electrons. The highest BCUT2D eigenvalue weighted by molar-refractivity contribution is 6.32. The lowest BCUT2D eigenvalue weighted by Gasteiger charge is -2.15. The van der Waals surface area contributed by atoms with Crippen LogP contribution in [0.25, 0.3) is 11.1 Å². The number of nitrogens with one attached hydrogen (secondary N) is 1. The molecule has 0 aliphatic heterocycles. The van der Waals surface area contributed by atoms with Gasteiger partial charge in [-0.2, -0.15) is 4.98 Å². The molecule has 5 nitrogen and oxygen atoms in total. The second kappa shape index (κ2) is 7.13. The van der Waals surface area contributed by atoms with Gasteiger partial charge in [0.1, 0.15) is 28.2 Å². The van der Waals surface area contributed by atoms with Crippen molar-refractivity contribution < 1.29 is 13.5 Å². The number of aryl methyl sites for hydroxylation is 1. The number of methoxy groups -OCH3 is 1. The number of nitrogen functional groups attached to an aromatic ring is 1. The van der Waals surface area contributed by atoms with E-state index in [0.717, 1.165) is 11.6 Å². The normalized spacial score (nSPS) is 10.7. The van der Waals surface area contributed by atoms with Gasteiger partial charge < -0.3 is 15.8 Å². The number of hydrogen-bond acceptors (Lipinski definition) is 5. The molecular weight excluding hydrogens is 362 g/mol. The molecule has 2 aromatic carbocycles. The van der Waals surface area contributed by atoms with Crippen molar-refractivity contribution in [3.8, 4) is 16.9 Å². The van der Waals surface area contributed by atoms with Gasteiger partial charge in [-0.25, -0.2) is 13.8 Å². The van der Waals surface area contributed by atoms with E-state index in [1.165, 1.54) is 25.4 Å². The fourth-order valence-electron chi connectivity index (χ4n) is 2.51. The number of nitrogens with zero attached hydrogens (tertiary/aromatic N) is 2. The zero-order valence-electron chi connectivity index (χ0n) is 14.0. The lowest BCUT2D eigenvalue weighted by molar-refractivity contribution is 0.417. The largest absolute Gasteiger partial charge is 0.495 e. The van der Waals surface area contributed by atoms with Gasteiger partial charge in [0.05, 0.1) is 19.0 Å². The van der Waals surface area contributed by atoms with Gasteiger partial charge in [-0.05, 0) is 42.3 Å². The maximum absolute atomic E-state index is 14.1. The molecule has 0 unspecified atom stereocenters. The first-order valence-corrected chi connectivity index (χ1v) is 7.96. The molecule has 0 aliphatic carbocycles. The van der Waals surface area contributed by atoms with Crippen LogP contribution in [-0.2, 0) is 0 Å². The quantitative estimate of drug-likeness (QED) is 0.689. The van der Waals surface area contributed by atoms with Gasteiger partial charge in [-0.15, -0.1) is 0 Å². The van der Waals surface area contributed by atoms with E-state index in [9.17, 15) is 8.78 Å². The topological polar surface area (TPSA) is 73.1 Å². The lowest BCUT2D eigenvalue weighted by atomic mass is 9.98. The molecule has 3 rings (SSSR count). The summed E-state index contributed by atoms with van der Waals surface area (Å²) < 4.78 is 32.7. The fourth-order valence-corrected chi connectivity index (χ4v) is 2.60. The van der Waals surface area contributed by atoms with Crippen molar-refractivity contribution in [1.82, 2.24) is 9.97 Å². The second-order valence-electron chi connectivity index (χ2n) is 5.54. The summed E-state index contributed by atoms with van der Waals surface area (Å²) in [5, 5.41) is 3.25. The van der Waals surface area contributed by atoms with Crippen LogP contribution in [0.4, 0.5) is 26.2 Å². The van der Waals surface area contributed by atoms with Crippen LogP contribution in [0.5, 0.6) is 5.75 Å². The number of halogens is 3. The monoisotopic (exact) mass is 376 g/mol. The van der Waals surface area contributed by atoms with Crippen molar-refractivity contribution in [2.75, 3.05) is 18.2 Å². The molecule has 0 atom stereocenters. The summed E-state index contributed by atoms with van der Waals surface area (Å²) in [4.78, 5) is 8.10. The number of aromatic nitrogens is 2. The maximum atomic E-state index is 14.1. The summed E-state index contributed by atoms with van der Waals surface area (Å²) >= 11 is 5.82. The van der Waals surface area contributed by atoms with E-state index in [0.29, 0.717) is 17.0 Å². The third-order valence-electron chi connectivity index (χ3n) is 3.79. The van der Waals surface area contributed by atoms with E-state index in [1.54, 1.807) is 19.1 Å². The molecule has 0 amide bonds. The Morgan fingerprint density at radius 3 is 2.58 bits per heavy atom. The number of ether oxygens (including phenoxy) is 1. The molecule has 0 bridgehead atoms. The summed E-state index contributed by atoms with van der Waals surface area (Å²) in [6.45, 7) is 1.81. The maximum Gasteiger partial charge on any atom is 0.229 e. The van der Waals surface area contributed by atoms with Crippen molar-refractivity contribution >= 4 is 29.1 Å². The van der Waals surface area contributed by atoms with Gasteiger partial charge in [0.25, 0.3) is 0 Å². The molecule has 3 aromatic rings. The Balaban J connectivity index is 2.03. The number of anilines is 3. The van der Waals surface area contributed by atoms with Gasteiger partial charge in [-0.1, -0.05) is 11.6 Å². The summed E-state index contributed by atoms with van der Waals surface area (Å²) in [5.41, 5.74) is 7.86. The summed E-state index contributed by atoms with van der Waals surface area (Å²) in [7, 11) is 1.48. The summed E-state index contributed by atoms with van der Waals surface area (Å²) in [5.74, 6) is -0.460. The molecule has 26 heavy (non-hydrogen) atoms. The predicted molar refractivity (Wildman–Crippen MR) is 97.8 cm³/mol. The lowest BCUT2D eigenvalue weighted by Crippen LogP contribution is -2.03. The van der Waals surface area contributed by atoms with Crippen LogP contribution in [-0.4, -0.2) is 17.1 Å². The van der Waals surface area contributed by atoms with Crippen LogP contribution in [0.15, 0.2) is 36.5 Å². The molecular formula is C18H15ClF2N4O. The Hall–Kier alpha value is -2.93. The van der Waals surface area contributed by atoms with E-state index in [2.05, 4.69) is 15.3 Å². The van der Waals surface area contributed by atoms with Crippen molar-refractivity contribution in [1.29, 1.82) is 0 Å². The van der Waals surface area contributed by atoms with E-state index in [-0.39, 0.29) is 22.4 Å². The summed E-state index contributed by atoms with van der Waals surface area (Å²) in [6.07, 6.45) is 1.38. The van der Waals surface area contributed by atoms with Crippen LogP contribution < -0.4 is 15.8 Å². The fraction of sp³-hybridized carbons (Fsp3) is 0.111. The van der Waals surface area contributed by atoms with Crippen LogP contribution in [0.1, 0.15) is 5.56 Å². The van der Waals surface area contributed by atoms with Crippen LogP contribution in [0.2, 0.25) is 5.02 Å². The smallest absolute Gasteiger partial charge is 0.229 e. The molecule has 3 N–H and O–H groups in total. The highest BCUT2D eigenvalue weighted by atomic mass is 35.5. The minimum absolute atomic E-state index is 0.143. The highest BCUT2D eigenvalue weighted by Gasteiger charge is 2.14. The molecule has 0 saturated heterocycles. The first-order valence-electron chi connectivity index (χ1n) is 7.58. The Bertz CT molecular complexity index is 982. The number of nitrogens with two attached hydrogens (primary N) is 1. The highest BCUT2D eigenvalue weighted by Crippen LogP contribution is 2.36. The van der Waals surface area contributed by atoms with E-state index >= 15 is 0 Å². The molecule has 1 aromatic heterocycles. The van der Waals surface area contributed by atoms with Crippen molar-refractivity contribution in [3.63, 3.8) is 0 Å². The number of rotatable bonds is 4. The average molecular weight is 377 g/mol. The van der Waals surface area contributed by atoms with Crippen molar-refractivity contribution in [2.45, 2.75) is 6.92 Å². The van der Waals surface area contributed by atoms with Crippen LogP contribution in [0, 0.1) is 18.6 Å². The van der Waals surface area contributed by atoms with Gasteiger partial charge in [-0.3, -0.25) is 0 Å². The Morgan fingerprint density at radius 1 is 1.15 bits per heavy atom. The van der Waals surface area contributed by atoms with Crippen LogP contribution in [0.3, 0.4) is 0 Å². The standard InChI is InChI=1S/C18H15ClF2N4O/c1-9-5-15(24-18-23-8-13(19)17(22)25-18)16(26-2)7-12(9)11-4-3-10(20)6-14(11)21/h3-8H,1-2H3,(H3,22,23,24,25). The number of benzene rings is 2. The van der Waals surface area contributed by atoms with Crippen LogP contribution >= 0.6 is 11.6 Å². The Labute approximate surface area is 153 Å². The molecule has 0 spiro atoms. The van der Waals surface area contributed by atoms with Gasteiger partial charge in [0.2, 0.25) is 5.95 Å². The third kappa shape index (κ3) is 3.52. The molecule has 0 aliphatic rings. The molecule has 8 heteroatoms. The van der Waals surface area contributed by atoms with Crippen molar-refractivity contribution in [2.24, 2.45) is 0 Å². The second-order valence-corrected chi connectivity index (χ2v) is 5.95. The zero-order valence-corrected chi connectivity index (χ0v) is 14.7. The first kappa shape index (κ1) is 17.9. The van der Waals surface area contributed by atoms with Gasteiger partial charge in [0, 0.05) is 11.6 Å². The van der Waals surface area contributed by atoms with Gasteiger partial charge in [0.15, 0.2) is 0 Å². The Kier molecular flexibility index (Phi) is 4.90. The minimum atomic E-state index is -0.648. The van der Waals surface area contributed by atoms with E-state index in [1.807, 2.05) is 0 Å². The van der Waals surface area contributed by atoms with Gasteiger partial charge >= 0.3 is 0 Å². The zero-order chi connectivity index (χ0) is 18.8. The van der Waals surface area contributed by atoms with E-state index in [4.69, 9.17) is 22.1 Å². The first-order chi connectivity index (χ1) is 12.4. The average Bonchev–Trinajstić information content (AvgIpc) is 2.59. The summed E-state index contributed by atoms with van der Waals surface area (Å²) in [6, 6.07) is 6.86. The van der Waals surface area contributed by atoms with Crippen molar-refractivity contribution in [3.05, 3.63) is 58.7 Å². The Morgan fingerprint density at radius 2 is 1.92 bits per heavy atom.